The molecule has 0 fully saturated rings. The minimum atomic E-state index is -4.52. The van der Waals surface area contributed by atoms with Gasteiger partial charge in [0.15, 0.2) is 11.5 Å². The molecule has 0 bridgehead atoms. The molecular formula is C25H23F3N2O6S. The molecular weight excluding hydrogens is 513 g/mol. The number of amides is 1. The number of benzene rings is 3. The van der Waals surface area contributed by atoms with Crippen molar-refractivity contribution in [1.29, 1.82) is 0 Å². The highest BCUT2D eigenvalue weighted by atomic mass is 32.2. The number of alkyl halides is 3. The first kappa shape index (κ1) is 26.1. The van der Waals surface area contributed by atoms with E-state index >= 15 is 0 Å². The molecule has 1 aliphatic heterocycles. The average Bonchev–Trinajstić information content (AvgIpc) is 3.30. The van der Waals surface area contributed by atoms with Gasteiger partial charge in [-0.2, -0.15) is 13.2 Å². The number of carbonyl (C=O) groups is 1. The summed E-state index contributed by atoms with van der Waals surface area (Å²) in [4.78, 5) is 12.8. The molecule has 0 spiro atoms. The summed E-state index contributed by atoms with van der Waals surface area (Å²) in [6.07, 6.45) is -3.52. The Hall–Kier alpha value is -3.93. The number of sulfonamides is 1. The molecule has 12 heteroatoms. The third-order valence-corrected chi connectivity index (χ3v) is 6.94. The van der Waals surface area contributed by atoms with Gasteiger partial charge < -0.3 is 19.5 Å². The Morgan fingerprint density at radius 1 is 1.05 bits per heavy atom. The lowest BCUT2D eigenvalue weighted by Gasteiger charge is -2.22. The Labute approximate surface area is 211 Å². The van der Waals surface area contributed by atoms with Crippen molar-refractivity contribution in [2.75, 3.05) is 29.7 Å². The summed E-state index contributed by atoms with van der Waals surface area (Å²) in [5, 5.41) is 2.70. The van der Waals surface area contributed by atoms with E-state index in [-0.39, 0.29) is 36.1 Å². The molecule has 1 heterocycles. The van der Waals surface area contributed by atoms with E-state index < -0.39 is 27.7 Å². The van der Waals surface area contributed by atoms with Crippen LogP contribution in [0.5, 0.6) is 17.2 Å². The molecule has 0 unspecified atom stereocenters. The standard InChI is InChI=1S/C25H23F3N2O6S/c1-15-4-6-18(25(26,27)28)10-17(15)13-34-22-12-19(7-8-20(22)30(2)37(3,32)33)29-24(31)16-5-9-21-23(11-16)36-14-35-21/h4-12H,13-14H2,1-3H3,(H,29,31). The first-order valence-corrected chi connectivity index (χ1v) is 12.8. The van der Waals surface area contributed by atoms with Crippen LogP contribution < -0.4 is 23.8 Å². The largest absolute Gasteiger partial charge is 0.487 e. The number of carbonyl (C=O) groups excluding carboxylic acids is 1. The lowest BCUT2D eigenvalue weighted by molar-refractivity contribution is -0.137. The van der Waals surface area contributed by atoms with Crippen LogP contribution in [0.3, 0.4) is 0 Å². The van der Waals surface area contributed by atoms with Crippen LogP contribution in [0.2, 0.25) is 0 Å². The van der Waals surface area contributed by atoms with Crippen LogP contribution in [-0.4, -0.2) is 34.4 Å². The number of hydrogen-bond acceptors (Lipinski definition) is 6. The minimum absolute atomic E-state index is 0.0493. The van der Waals surface area contributed by atoms with E-state index in [0.29, 0.717) is 22.6 Å². The van der Waals surface area contributed by atoms with E-state index in [1.165, 1.54) is 37.4 Å². The zero-order chi connectivity index (χ0) is 27.0. The van der Waals surface area contributed by atoms with E-state index in [2.05, 4.69) is 5.32 Å². The van der Waals surface area contributed by atoms with Crippen molar-refractivity contribution < 1.29 is 40.6 Å². The van der Waals surface area contributed by atoms with Crippen molar-refractivity contribution >= 4 is 27.3 Å². The number of halogens is 3. The van der Waals surface area contributed by atoms with Crippen LogP contribution in [0.15, 0.2) is 54.6 Å². The monoisotopic (exact) mass is 536 g/mol. The van der Waals surface area contributed by atoms with Crippen LogP contribution in [0, 0.1) is 6.92 Å². The molecule has 8 nitrogen and oxygen atoms in total. The van der Waals surface area contributed by atoms with Crippen LogP contribution in [-0.2, 0) is 22.8 Å². The highest BCUT2D eigenvalue weighted by Crippen LogP contribution is 2.36. The Morgan fingerprint density at radius 3 is 2.49 bits per heavy atom. The Balaban J connectivity index is 1.62. The SMILES string of the molecule is Cc1ccc(C(F)(F)F)cc1COc1cc(NC(=O)c2ccc3c(c2)OCO3)ccc1N(C)S(C)(=O)=O. The quantitative estimate of drug-likeness (QED) is 0.458. The second-order valence-corrected chi connectivity index (χ2v) is 10.4. The molecule has 196 valence electrons. The number of rotatable bonds is 7. The van der Waals surface area contributed by atoms with Gasteiger partial charge in [-0.05, 0) is 60.5 Å². The summed E-state index contributed by atoms with van der Waals surface area (Å²) >= 11 is 0. The maximum absolute atomic E-state index is 13.2. The number of ether oxygens (including phenoxy) is 3. The third-order valence-electron chi connectivity index (χ3n) is 5.75. The second kappa shape index (κ2) is 9.85. The van der Waals surface area contributed by atoms with Gasteiger partial charge in [-0.25, -0.2) is 8.42 Å². The Kier molecular flexibility index (Phi) is 6.96. The maximum atomic E-state index is 13.2. The summed E-state index contributed by atoms with van der Waals surface area (Å²) in [7, 11) is -2.37. The lowest BCUT2D eigenvalue weighted by Crippen LogP contribution is -2.25. The maximum Gasteiger partial charge on any atom is 0.416 e. The summed E-state index contributed by atoms with van der Waals surface area (Å²) in [6, 6.07) is 12.3. The molecule has 1 amide bonds. The smallest absolute Gasteiger partial charge is 0.416 e. The Bertz CT molecular complexity index is 1460. The normalized spacial score (nSPS) is 12.8. The molecule has 0 radical (unpaired) electrons. The molecule has 3 aromatic carbocycles. The average molecular weight is 537 g/mol. The van der Waals surface area contributed by atoms with E-state index in [1.807, 2.05) is 0 Å². The summed E-state index contributed by atoms with van der Waals surface area (Å²) in [5.74, 6) is 0.527. The van der Waals surface area contributed by atoms with Crippen molar-refractivity contribution in [1.82, 2.24) is 0 Å². The molecule has 0 aliphatic carbocycles. The summed E-state index contributed by atoms with van der Waals surface area (Å²) in [6.45, 7) is 1.44. The van der Waals surface area contributed by atoms with Crippen molar-refractivity contribution in [2.45, 2.75) is 19.7 Å². The van der Waals surface area contributed by atoms with Crippen molar-refractivity contribution in [3.63, 3.8) is 0 Å². The fourth-order valence-electron chi connectivity index (χ4n) is 3.55. The fraction of sp³-hybridized carbons (Fsp3) is 0.240. The molecule has 0 atom stereocenters. The Morgan fingerprint density at radius 2 is 1.78 bits per heavy atom. The zero-order valence-electron chi connectivity index (χ0n) is 20.0. The van der Waals surface area contributed by atoms with Gasteiger partial charge >= 0.3 is 6.18 Å². The molecule has 1 aliphatic rings. The summed E-state index contributed by atoms with van der Waals surface area (Å²) < 4.78 is 81.2. The second-order valence-electron chi connectivity index (χ2n) is 8.36. The van der Waals surface area contributed by atoms with Crippen molar-refractivity contribution in [3.05, 3.63) is 76.9 Å². The molecule has 0 saturated carbocycles. The molecule has 37 heavy (non-hydrogen) atoms. The summed E-state index contributed by atoms with van der Waals surface area (Å²) in [5.41, 5.74) is 0.742. The van der Waals surface area contributed by atoms with Crippen molar-refractivity contribution in [3.8, 4) is 17.2 Å². The van der Waals surface area contributed by atoms with Gasteiger partial charge in [0.25, 0.3) is 5.91 Å². The van der Waals surface area contributed by atoms with Gasteiger partial charge in [-0.3, -0.25) is 9.10 Å². The topological polar surface area (TPSA) is 94.2 Å². The fourth-order valence-corrected chi connectivity index (χ4v) is 4.05. The van der Waals surface area contributed by atoms with Crippen LogP contribution >= 0.6 is 0 Å². The number of nitrogens with zero attached hydrogens (tertiary/aromatic N) is 1. The molecule has 4 rings (SSSR count). The highest BCUT2D eigenvalue weighted by molar-refractivity contribution is 7.92. The van der Waals surface area contributed by atoms with Crippen molar-refractivity contribution in [2.24, 2.45) is 0 Å². The zero-order valence-corrected chi connectivity index (χ0v) is 20.9. The molecule has 3 aromatic rings. The van der Waals surface area contributed by atoms with Gasteiger partial charge in [-0.1, -0.05) is 6.07 Å². The number of hydrogen-bond donors (Lipinski definition) is 1. The van der Waals surface area contributed by atoms with E-state index in [0.717, 1.165) is 22.7 Å². The van der Waals surface area contributed by atoms with Gasteiger partial charge in [0, 0.05) is 24.4 Å². The van der Waals surface area contributed by atoms with Gasteiger partial charge in [0.2, 0.25) is 16.8 Å². The number of anilines is 2. The van der Waals surface area contributed by atoms with Crippen LogP contribution in [0.1, 0.15) is 27.0 Å². The highest BCUT2D eigenvalue weighted by Gasteiger charge is 2.31. The van der Waals surface area contributed by atoms with E-state index in [4.69, 9.17) is 14.2 Å². The number of nitrogens with one attached hydrogen (secondary N) is 1. The predicted molar refractivity (Wildman–Crippen MR) is 131 cm³/mol. The van der Waals surface area contributed by atoms with Gasteiger partial charge in [0.1, 0.15) is 12.4 Å². The van der Waals surface area contributed by atoms with E-state index in [1.54, 1.807) is 19.1 Å². The predicted octanol–water partition coefficient (Wildman–Crippen LogP) is 4.97. The molecule has 0 aromatic heterocycles. The molecule has 1 N–H and O–H groups in total. The lowest BCUT2D eigenvalue weighted by atomic mass is 10.1. The number of fused-ring (bicyclic) bond motifs is 1. The first-order chi connectivity index (χ1) is 17.3. The number of aryl methyl sites for hydroxylation is 1. The first-order valence-electron chi connectivity index (χ1n) is 10.9. The van der Waals surface area contributed by atoms with E-state index in [9.17, 15) is 26.4 Å². The van der Waals surface area contributed by atoms with Gasteiger partial charge in [-0.15, -0.1) is 0 Å². The van der Waals surface area contributed by atoms with Crippen LogP contribution in [0.25, 0.3) is 0 Å². The van der Waals surface area contributed by atoms with Gasteiger partial charge in [0.05, 0.1) is 17.5 Å². The minimum Gasteiger partial charge on any atom is -0.487 e. The third kappa shape index (κ3) is 5.91. The van der Waals surface area contributed by atoms with Crippen LogP contribution in [0.4, 0.5) is 24.5 Å². The molecule has 0 saturated heterocycles.